The Labute approximate surface area is 134 Å². The average molecular weight is 317 g/mol. The molecule has 1 amide bonds. The van der Waals surface area contributed by atoms with Crippen LogP contribution in [0.4, 0.5) is 0 Å². The summed E-state index contributed by atoms with van der Waals surface area (Å²) in [6.45, 7) is 1.08. The van der Waals surface area contributed by atoms with Gasteiger partial charge in [0.15, 0.2) is 0 Å². The van der Waals surface area contributed by atoms with E-state index in [2.05, 4.69) is 5.32 Å². The summed E-state index contributed by atoms with van der Waals surface area (Å²) in [5.41, 5.74) is 0.599. The molecule has 122 valence electrons. The van der Waals surface area contributed by atoms with Crippen LogP contribution in [0, 0.1) is 0 Å². The fourth-order valence-corrected chi connectivity index (χ4v) is 2.97. The lowest BCUT2D eigenvalue weighted by molar-refractivity contribution is -0.140. The number of carboxylic acids is 1. The number of carbonyl (C=O) groups excluding carboxylic acids is 1. The molecular weight excluding hydrogens is 298 g/mol. The van der Waals surface area contributed by atoms with Gasteiger partial charge in [-0.05, 0) is 25.0 Å². The van der Waals surface area contributed by atoms with Crippen LogP contribution in [0.3, 0.4) is 0 Å². The SMILES string of the molecule is O=C(O)CC1(NC(=O)C2=Cc3ccccc3OC2)CCOCC1. The Morgan fingerprint density at radius 3 is 2.70 bits per heavy atom. The van der Waals surface area contributed by atoms with Crippen LogP contribution in [-0.4, -0.2) is 42.3 Å². The molecule has 0 saturated carbocycles. The van der Waals surface area contributed by atoms with Crippen LogP contribution in [0.5, 0.6) is 5.75 Å². The van der Waals surface area contributed by atoms with Crippen LogP contribution in [-0.2, 0) is 14.3 Å². The number of carbonyl (C=O) groups is 2. The van der Waals surface area contributed by atoms with E-state index in [1.54, 1.807) is 6.08 Å². The minimum Gasteiger partial charge on any atom is -0.488 e. The Morgan fingerprint density at radius 2 is 1.96 bits per heavy atom. The summed E-state index contributed by atoms with van der Waals surface area (Å²) in [4.78, 5) is 23.7. The number of aliphatic carboxylic acids is 1. The van der Waals surface area contributed by atoms with Gasteiger partial charge in [0.1, 0.15) is 12.4 Å². The number of hydrogen-bond donors (Lipinski definition) is 2. The number of ether oxygens (including phenoxy) is 2. The molecule has 6 nitrogen and oxygen atoms in total. The molecule has 1 fully saturated rings. The molecule has 2 aliphatic heterocycles. The molecule has 1 saturated heterocycles. The van der Waals surface area contributed by atoms with Crippen molar-refractivity contribution in [2.24, 2.45) is 0 Å². The number of rotatable bonds is 4. The first-order chi connectivity index (χ1) is 11.1. The van der Waals surface area contributed by atoms with E-state index < -0.39 is 11.5 Å². The van der Waals surface area contributed by atoms with Crippen LogP contribution < -0.4 is 10.1 Å². The highest BCUT2D eigenvalue weighted by Gasteiger charge is 2.37. The van der Waals surface area contributed by atoms with Gasteiger partial charge in [0.2, 0.25) is 0 Å². The van der Waals surface area contributed by atoms with Crippen LogP contribution in [0.1, 0.15) is 24.8 Å². The van der Waals surface area contributed by atoms with Crippen molar-refractivity contribution >= 4 is 18.0 Å². The Morgan fingerprint density at radius 1 is 1.22 bits per heavy atom. The monoisotopic (exact) mass is 317 g/mol. The van der Waals surface area contributed by atoms with Gasteiger partial charge >= 0.3 is 5.97 Å². The van der Waals surface area contributed by atoms with Gasteiger partial charge in [-0.25, -0.2) is 0 Å². The van der Waals surface area contributed by atoms with Crippen LogP contribution in [0.25, 0.3) is 6.08 Å². The molecule has 1 aromatic carbocycles. The molecule has 0 bridgehead atoms. The van der Waals surface area contributed by atoms with Crippen molar-refractivity contribution in [2.45, 2.75) is 24.8 Å². The van der Waals surface area contributed by atoms with Gasteiger partial charge in [0, 0.05) is 18.8 Å². The van der Waals surface area contributed by atoms with E-state index in [-0.39, 0.29) is 18.9 Å². The van der Waals surface area contributed by atoms with Gasteiger partial charge < -0.3 is 19.9 Å². The average Bonchev–Trinajstić information content (AvgIpc) is 2.54. The van der Waals surface area contributed by atoms with Gasteiger partial charge in [0.25, 0.3) is 5.91 Å². The topological polar surface area (TPSA) is 84.9 Å². The quantitative estimate of drug-likeness (QED) is 0.881. The smallest absolute Gasteiger partial charge is 0.305 e. The van der Waals surface area contributed by atoms with Gasteiger partial charge in [-0.1, -0.05) is 18.2 Å². The van der Waals surface area contributed by atoms with Crippen molar-refractivity contribution in [1.82, 2.24) is 5.32 Å². The zero-order chi connectivity index (χ0) is 16.3. The van der Waals surface area contributed by atoms with E-state index in [4.69, 9.17) is 14.6 Å². The van der Waals surface area contributed by atoms with Crippen molar-refractivity contribution in [1.29, 1.82) is 0 Å². The highest BCUT2D eigenvalue weighted by atomic mass is 16.5. The summed E-state index contributed by atoms with van der Waals surface area (Å²) < 4.78 is 10.9. The lowest BCUT2D eigenvalue weighted by Gasteiger charge is -2.37. The van der Waals surface area contributed by atoms with E-state index in [0.717, 1.165) is 11.3 Å². The van der Waals surface area contributed by atoms with Gasteiger partial charge in [-0.15, -0.1) is 0 Å². The molecule has 6 heteroatoms. The second-order valence-corrected chi connectivity index (χ2v) is 5.91. The zero-order valence-electron chi connectivity index (χ0n) is 12.7. The highest BCUT2D eigenvalue weighted by Crippen LogP contribution is 2.28. The molecule has 0 aliphatic carbocycles. The summed E-state index contributed by atoms with van der Waals surface area (Å²) in [5.74, 6) is -0.454. The molecule has 3 rings (SSSR count). The molecule has 0 aromatic heterocycles. The Kier molecular flexibility index (Phi) is 4.34. The fraction of sp³-hybridized carbons (Fsp3) is 0.412. The molecule has 0 atom stereocenters. The van der Waals surface area contributed by atoms with Crippen molar-refractivity contribution in [3.63, 3.8) is 0 Å². The van der Waals surface area contributed by atoms with E-state index in [9.17, 15) is 9.59 Å². The number of carboxylic acid groups (broad SMARTS) is 1. The molecule has 0 unspecified atom stereocenters. The second-order valence-electron chi connectivity index (χ2n) is 5.91. The maximum atomic E-state index is 12.6. The van der Waals surface area contributed by atoms with Crippen LogP contribution in [0.2, 0.25) is 0 Å². The maximum absolute atomic E-state index is 12.6. The molecule has 23 heavy (non-hydrogen) atoms. The largest absolute Gasteiger partial charge is 0.488 e. The summed E-state index contributed by atoms with van der Waals surface area (Å²) in [6.07, 6.45) is 2.68. The number of nitrogens with one attached hydrogen (secondary N) is 1. The number of hydrogen-bond acceptors (Lipinski definition) is 4. The Bertz CT molecular complexity index is 646. The fourth-order valence-electron chi connectivity index (χ4n) is 2.97. The molecule has 0 spiro atoms. The Hall–Kier alpha value is -2.34. The van der Waals surface area contributed by atoms with Gasteiger partial charge in [-0.2, -0.15) is 0 Å². The molecule has 2 heterocycles. The predicted octanol–water partition coefficient (Wildman–Crippen LogP) is 1.60. The molecule has 0 radical (unpaired) electrons. The lowest BCUT2D eigenvalue weighted by Crippen LogP contribution is -2.53. The van der Waals surface area contributed by atoms with Crippen molar-refractivity contribution in [3.8, 4) is 5.75 Å². The third-order valence-corrected chi connectivity index (χ3v) is 4.24. The van der Waals surface area contributed by atoms with E-state index in [0.29, 0.717) is 31.6 Å². The van der Waals surface area contributed by atoms with Crippen molar-refractivity contribution < 1.29 is 24.2 Å². The standard InChI is InChI=1S/C17H19NO5/c19-15(20)10-17(5-7-22-8-6-17)18-16(21)13-9-12-3-1-2-4-14(12)23-11-13/h1-4,9H,5-8,10-11H2,(H,18,21)(H,19,20). The Balaban J connectivity index is 1.77. The molecule has 2 N–H and O–H groups in total. The first kappa shape index (κ1) is 15.6. The predicted molar refractivity (Wildman–Crippen MR) is 83.1 cm³/mol. The van der Waals surface area contributed by atoms with E-state index in [1.807, 2.05) is 24.3 Å². The third kappa shape index (κ3) is 3.53. The number of para-hydroxylation sites is 1. The van der Waals surface area contributed by atoms with Crippen LogP contribution in [0.15, 0.2) is 29.8 Å². The van der Waals surface area contributed by atoms with E-state index in [1.165, 1.54) is 0 Å². The first-order valence-electron chi connectivity index (χ1n) is 7.62. The second kappa shape index (κ2) is 6.42. The summed E-state index contributed by atoms with van der Waals surface area (Å²) in [6, 6.07) is 7.49. The van der Waals surface area contributed by atoms with Gasteiger partial charge in [0.05, 0.1) is 17.5 Å². The zero-order valence-corrected chi connectivity index (χ0v) is 12.7. The molecular formula is C17H19NO5. The molecule has 2 aliphatic rings. The van der Waals surface area contributed by atoms with Gasteiger partial charge in [-0.3, -0.25) is 9.59 Å². The lowest BCUT2D eigenvalue weighted by atomic mass is 9.86. The maximum Gasteiger partial charge on any atom is 0.305 e. The first-order valence-corrected chi connectivity index (χ1v) is 7.62. The molecule has 1 aromatic rings. The number of benzene rings is 1. The summed E-state index contributed by atoms with van der Waals surface area (Å²) in [7, 11) is 0. The minimum atomic E-state index is -0.925. The van der Waals surface area contributed by atoms with E-state index >= 15 is 0 Å². The summed E-state index contributed by atoms with van der Waals surface area (Å²) >= 11 is 0. The summed E-state index contributed by atoms with van der Waals surface area (Å²) in [5, 5.41) is 12.1. The van der Waals surface area contributed by atoms with Crippen molar-refractivity contribution in [3.05, 3.63) is 35.4 Å². The minimum absolute atomic E-state index is 0.104. The van der Waals surface area contributed by atoms with Crippen molar-refractivity contribution in [2.75, 3.05) is 19.8 Å². The highest BCUT2D eigenvalue weighted by molar-refractivity contribution is 5.99. The number of amides is 1. The normalized spacial score (nSPS) is 19.0. The van der Waals surface area contributed by atoms with Crippen LogP contribution >= 0.6 is 0 Å². The number of fused-ring (bicyclic) bond motifs is 1. The third-order valence-electron chi connectivity index (χ3n) is 4.24.